The Labute approximate surface area is 206 Å². The molecule has 0 aliphatic carbocycles. The number of fused-ring (bicyclic) bond motifs is 1. The van der Waals surface area contributed by atoms with Gasteiger partial charge < -0.3 is 19.5 Å². The lowest BCUT2D eigenvalue weighted by atomic mass is 9.94. The van der Waals surface area contributed by atoms with Crippen LogP contribution in [0.15, 0.2) is 78.4 Å². The summed E-state index contributed by atoms with van der Waals surface area (Å²) in [5.41, 5.74) is 1.28. The number of ether oxygens (including phenoxy) is 2. The van der Waals surface area contributed by atoms with Gasteiger partial charge in [0.1, 0.15) is 19.0 Å². The molecule has 2 heterocycles. The third kappa shape index (κ3) is 4.26. The first-order chi connectivity index (χ1) is 17.4. The molecule has 0 saturated carbocycles. The number of likely N-dealkylation sites (tertiary alicyclic amines) is 1. The van der Waals surface area contributed by atoms with E-state index in [0.717, 1.165) is 5.56 Å². The molecule has 0 aromatic heterocycles. The summed E-state index contributed by atoms with van der Waals surface area (Å²) in [6, 6.07) is 19.0. The van der Waals surface area contributed by atoms with Crippen molar-refractivity contribution >= 4 is 23.1 Å². The number of non-ortho nitro benzene ring substituents is 1. The average molecular weight is 486 g/mol. The van der Waals surface area contributed by atoms with E-state index >= 15 is 0 Å². The number of carbonyl (C=O) groups excluding carboxylic acids is 2. The minimum Gasteiger partial charge on any atom is -0.507 e. The second kappa shape index (κ2) is 9.53. The van der Waals surface area contributed by atoms with E-state index in [1.54, 1.807) is 24.3 Å². The number of nitro groups is 1. The predicted molar refractivity (Wildman–Crippen MR) is 130 cm³/mol. The normalized spacial score (nSPS) is 18.3. The lowest BCUT2D eigenvalue weighted by Crippen LogP contribution is -2.31. The van der Waals surface area contributed by atoms with Gasteiger partial charge in [-0.25, -0.2) is 0 Å². The average Bonchev–Trinajstić information content (AvgIpc) is 3.16. The van der Waals surface area contributed by atoms with Crippen molar-refractivity contribution < 1.29 is 29.1 Å². The van der Waals surface area contributed by atoms with Crippen LogP contribution in [0, 0.1) is 10.1 Å². The van der Waals surface area contributed by atoms with E-state index in [-0.39, 0.29) is 29.1 Å². The molecule has 1 saturated heterocycles. The molecule has 2 aliphatic rings. The summed E-state index contributed by atoms with van der Waals surface area (Å²) >= 11 is 0. The summed E-state index contributed by atoms with van der Waals surface area (Å²) in [6.45, 7) is 0.923. The van der Waals surface area contributed by atoms with Crippen molar-refractivity contribution in [2.24, 2.45) is 0 Å². The van der Waals surface area contributed by atoms with Gasteiger partial charge in [-0.1, -0.05) is 42.5 Å². The van der Waals surface area contributed by atoms with Gasteiger partial charge in [-0.05, 0) is 35.7 Å². The Balaban J connectivity index is 1.60. The second-order valence-corrected chi connectivity index (χ2v) is 8.44. The van der Waals surface area contributed by atoms with Crippen molar-refractivity contribution in [1.29, 1.82) is 0 Å². The topological polar surface area (TPSA) is 119 Å². The van der Waals surface area contributed by atoms with E-state index in [2.05, 4.69) is 0 Å². The van der Waals surface area contributed by atoms with Crippen LogP contribution in [-0.4, -0.2) is 46.4 Å². The first-order valence-electron chi connectivity index (χ1n) is 11.4. The van der Waals surface area contributed by atoms with Crippen LogP contribution in [0.5, 0.6) is 11.5 Å². The highest BCUT2D eigenvalue weighted by Gasteiger charge is 2.46. The standard InChI is InChI=1S/C27H22N2O7/c30-25(19-9-10-21-22(16-19)36-14-13-35-21)23-24(18-7-4-8-20(15-18)29(33)34)28(27(32)26(23)31)12-11-17-5-2-1-3-6-17/h1-10,15-16,24,30H,11-14H2/b25-23+. The molecule has 1 fully saturated rings. The summed E-state index contributed by atoms with van der Waals surface area (Å²) < 4.78 is 11.1. The van der Waals surface area contributed by atoms with Crippen LogP contribution in [0.4, 0.5) is 5.69 Å². The molecule has 9 nitrogen and oxygen atoms in total. The third-order valence-electron chi connectivity index (χ3n) is 6.24. The Morgan fingerprint density at radius 1 is 0.972 bits per heavy atom. The molecule has 3 aromatic carbocycles. The molecule has 5 rings (SSSR count). The van der Waals surface area contributed by atoms with Gasteiger partial charge in [0, 0.05) is 24.2 Å². The van der Waals surface area contributed by atoms with E-state index in [1.165, 1.54) is 23.1 Å². The molecular weight excluding hydrogens is 464 g/mol. The number of ketones is 1. The fourth-order valence-electron chi connectivity index (χ4n) is 4.51. The Hall–Kier alpha value is -4.66. The first kappa shape index (κ1) is 23.1. The van der Waals surface area contributed by atoms with Gasteiger partial charge in [0.15, 0.2) is 11.5 Å². The largest absolute Gasteiger partial charge is 0.507 e. The van der Waals surface area contributed by atoms with Crippen molar-refractivity contribution in [3.8, 4) is 11.5 Å². The summed E-state index contributed by atoms with van der Waals surface area (Å²) in [6.07, 6.45) is 0.462. The number of benzene rings is 3. The van der Waals surface area contributed by atoms with Gasteiger partial charge in [0.2, 0.25) is 0 Å². The number of carbonyl (C=O) groups is 2. The smallest absolute Gasteiger partial charge is 0.295 e. The van der Waals surface area contributed by atoms with E-state index in [0.29, 0.717) is 36.7 Å². The Morgan fingerprint density at radius 2 is 1.72 bits per heavy atom. The summed E-state index contributed by atoms with van der Waals surface area (Å²) in [5.74, 6) is -1.09. The number of hydrogen-bond donors (Lipinski definition) is 1. The number of aliphatic hydroxyl groups excluding tert-OH is 1. The maximum absolute atomic E-state index is 13.2. The van der Waals surface area contributed by atoms with E-state index in [4.69, 9.17) is 9.47 Å². The summed E-state index contributed by atoms with van der Waals surface area (Å²) in [4.78, 5) is 38.6. The maximum atomic E-state index is 13.2. The molecule has 3 aromatic rings. The molecule has 2 aliphatic heterocycles. The van der Waals surface area contributed by atoms with Gasteiger partial charge in [-0.3, -0.25) is 19.7 Å². The van der Waals surface area contributed by atoms with Gasteiger partial charge in [-0.15, -0.1) is 0 Å². The molecule has 0 radical (unpaired) electrons. The fraction of sp³-hybridized carbons (Fsp3) is 0.185. The monoisotopic (exact) mass is 486 g/mol. The second-order valence-electron chi connectivity index (χ2n) is 8.44. The van der Waals surface area contributed by atoms with Gasteiger partial charge in [0.05, 0.1) is 16.5 Å². The molecule has 1 N–H and O–H groups in total. The third-order valence-corrected chi connectivity index (χ3v) is 6.24. The minimum absolute atomic E-state index is 0.134. The van der Waals surface area contributed by atoms with E-state index in [9.17, 15) is 24.8 Å². The van der Waals surface area contributed by atoms with Crippen molar-refractivity contribution in [3.63, 3.8) is 0 Å². The molecular formula is C27H22N2O7. The summed E-state index contributed by atoms with van der Waals surface area (Å²) in [7, 11) is 0. The van der Waals surface area contributed by atoms with E-state index < -0.39 is 22.7 Å². The number of aliphatic hydroxyl groups is 1. The molecule has 36 heavy (non-hydrogen) atoms. The minimum atomic E-state index is -0.998. The molecule has 182 valence electrons. The molecule has 0 spiro atoms. The van der Waals surface area contributed by atoms with Crippen LogP contribution in [-0.2, 0) is 16.0 Å². The molecule has 1 atom stereocenters. The van der Waals surface area contributed by atoms with Crippen LogP contribution in [0.2, 0.25) is 0 Å². The number of amides is 1. The van der Waals surface area contributed by atoms with Crippen LogP contribution < -0.4 is 9.47 Å². The van der Waals surface area contributed by atoms with Crippen LogP contribution in [0.1, 0.15) is 22.7 Å². The zero-order valence-corrected chi connectivity index (χ0v) is 19.1. The number of Topliss-reactive ketones (excluding diaryl/α,β-unsaturated/α-hetero) is 1. The van der Waals surface area contributed by atoms with Crippen molar-refractivity contribution in [2.45, 2.75) is 12.5 Å². The van der Waals surface area contributed by atoms with Gasteiger partial charge in [0.25, 0.3) is 17.4 Å². The number of nitro benzene ring substituents is 1. The van der Waals surface area contributed by atoms with Crippen molar-refractivity contribution in [1.82, 2.24) is 4.90 Å². The molecule has 9 heteroatoms. The Kier molecular flexibility index (Phi) is 6.12. The number of hydrogen-bond acceptors (Lipinski definition) is 7. The highest BCUT2D eigenvalue weighted by atomic mass is 16.6. The number of nitrogens with zero attached hydrogens (tertiary/aromatic N) is 2. The lowest BCUT2D eigenvalue weighted by molar-refractivity contribution is -0.384. The van der Waals surface area contributed by atoms with Crippen molar-refractivity contribution in [3.05, 3.63) is 105 Å². The van der Waals surface area contributed by atoms with Crippen LogP contribution >= 0.6 is 0 Å². The van der Waals surface area contributed by atoms with E-state index in [1.807, 2.05) is 30.3 Å². The van der Waals surface area contributed by atoms with Gasteiger partial charge in [-0.2, -0.15) is 0 Å². The van der Waals surface area contributed by atoms with Gasteiger partial charge >= 0.3 is 0 Å². The SMILES string of the molecule is O=C1C(=O)N(CCc2ccccc2)C(c2cccc([N+](=O)[O-])c2)/C1=C(\O)c1ccc2c(c1)OCCO2. The Bertz CT molecular complexity index is 1380. The van der Waals surface area contributed by atoms with Crippen molar-refractivity contribution in [2.75, 3.05) is 19.8 Å². The highest BCUT2D eigenvalue weighted by Crippen LogP contribution is 2.41. The summed E-state index contributed by atoms with van der Waals surface area (Å²) in [5, 5.41) is 22.7. The molecule has 0 bridgehead atoms. The van der Waals surface area contributed by atoms with Crippen LogP contribution in [0.25, 0.3) is 5.76 Å². The predicted octanol–water partition coefficient (Wildman–Crippen LogP) is 4.03. The lowest BCUT2D eigenvalue weighted by Gasteiger charge is -2.25. The molecule has 1 unspecified atom stereocenters. The molecule has 1 amide bonds. The Morgan fingerprint density at radius 3 is 2.47 bits per heavy atom. The highest BCUT2D eigenvalue weighted by molar-refractivity contribution is 6.46. The zero-order chi connectivity index (χ0) is 25.2. The zero-order valence-electron chi connectivity index (χ0n) is 19.1. The first-order valence-corrected chi connectivity index (χ1v) is 11.4. The number of rotatable bonds is 6. The maximum Gasteiger partial charge on any atom is 0.295 e. The quantitative estimate of drug-likeness (QED) is 0.184. The fourth-order valence-corrected chi connectivity index (χ4v) is 4.51. The van der Waals surface area contributed by atoms with Crippen LogP contribution in [0.3, 0.4) is 0 Å².